The number of hydrogen-bond donors (Lipinski definition) is 3. The Hall–Kier alpha value is -1.60. The molecule has 1 aromatic carbocycles. The zero-order chi connectivity index (χ0) is 14.5. The van der Waals surface area contributed by atoms with Crippen LogP contribution < -0.4 is 10.5 Å². The van der Waals surface area contributed by atoms with Crippen LogP contribution in [0.25, 0.3) is 0 Å². The Kier molecular flexibility index (Phi) is 5.31. The lowest BCUT2D eigenvalue weighted by molar-refractivity contribution is -0.137. The van der Waals surface area contributed by atoms with E-state index in [9.17, 15) is 13.2 Å². The number of carbonyl (C=O) groups is 1. The molecule has 0 saturated heterocycles. The van der Waals surface area contributed by atoms with E-state index in [2.05, 4.69) is 4.72 Å². The normalized spacial score (nSPS) is 13.1. The van der Waals surface area contributed by atoms with Gasteiger partial charge < -0.3 is 10.8 Å². The van der Waals surface area contributed by atoms with Gasteiger partial charge in [0.2, 0.25) is 10.0 Å². The summed E-state index contributed by atoms with van der Waals surface area (Å²) in [7, 11) is -3.48. The summed E-state index contributed by atoms with van der Waals surface area (Å²) in [6.45, 7) is 1.72. The van der Waals surface area contributed by atoms with Crippen molar-refractivity contribution in [3.63, 3.8) is 0 Å². The Labute approximate surface area is 112 Å². The third-order valence-corrected chi connectivity index (χ3v) is 4.14. The van der Waals surface area contributed by atoms with Gasteiger partial charge in [-0.2, -0.15) is 0 Å². The maximum absolute atomic E-state index is 11.7. The summed E-state index contributed by atoms with van der Waals surface area (Å²) in [5.74, 6) is -1.19. The topological polar surface area (TPSA) is 109 Å². The average molecular weight is 286 g/mol. The smallest absolute Gasteiger partial charge is 0.303 e. The van der Waals surface area contributed by atoms with E-state index in [1.165, 1.54) is 0 Å². The summed E-state index contributed by atoms with van der Waals surface area (Å²) >= 11 is 0. The van der Waals surface area contributed by atoms with Crippen LogP contribution in [0.3, 0.4) is 0 Å². The first kappa shape index (κ1) is 15.5. The van der Waals surface area contributed by atoms with Gasteiger partial charge in [-0.15, -0.1) is 0 Å². The molecule has 0 saturated carbocycles. The van der Waals surface area contributed by atoms with Gasteiger partial charge in [0.15, 0.2) is 0 Å². The van der Waals surface area contributed by atoms with Crippen molar-refractivity contribution >= 4 is 21.7 Å². The lowest BCUT2D eigenvalue weighted by Crippen LogP contribution is -2.29. The fourth-order valence-corrected chi connectivity index (χ4v) is 2.91. The molecule has 0 fully saturated rings. The van der Waals surface area contributed by atoms with Crippen LogP contribution in [0.15, 0.2) is 24.3 Å². The fourth-order valence-electron chi connectivity index (χ4n) is 1.59. The average Bonchev–Trinajstić information content (AvgIpc) is 2.28. The van der Waals surface area contributed by atoms with Gasteiger partial charge in [-0.05, 0) is 31.0 Å². The largest absolute Gasteiger partial charge is 0.481 e. The van der Waals surface area contributed by atoms with Crippen molar-refractivity contribution in [2.45, 2.75) is 25.8 Å². The highest BCUT2D eigenvalue weighted by Gasteiger charge is 2.16. The zero-order valence-electron chi connectivity index (χ0n) is 10.7. The van der Waals surface area contributed by atoms with Gasteiger partial charge in [0, 0.05) is 18.2 Å². The molecule has 4 N–H and O–H groups in total. The quantitative estimate of drug-likeness (QED) is 0.650. The van der Waals surface area contributed by atoms with Gasteiger partial charge in [0.1, 0.15) is 0 Å². The van der Waals surface area contributed by atoms with Crippen molar-refractivity contribution < 1.29 is 18.3 Å². The number of nitrogens with two attached hydrogens (primary N) is 1. The van der Waals surface area contributed by atoms with E-state index in [1.54, 1.807) is 31.2 Å². The van der Waals surface area contributed by atoms with Crippen LogP contribution in [0.2, 0.25) is 0 Å². The number of aliphatic carboxylic acids is 1. The molecule has 1 rings (SSSR count). The number of sulfonamides is 1. The van der Waals surface area contributed by atoms with Gasteiger partial charge in [0.05, 0.1) is 5.75 Å². The maximum Gasteiger partial charge on any atom is 0.303 e. The van der Waals surface area contributed by atoms with Crippen LogP contribution in [0, 0.1) is 0 Å². The number of nitrogens with one attached hydrogen (secondary N) is 1. The summed E-state index contributed by atoms with van der Waals surface area (Å²) in [5.41, 5.74) is 6.97. The molecule has 0 radical (unpaired) electrons. The van der Waals surface area contributed by atoms with Crippen molar-refractivity contribution in [2.75, 3.05) is 11.5 Å². The number of carboxylic acid groups (broad SMARTS) is 1. The molecule has 0 amide bonds. The molecule has 0 bridgehead atoms. The molecule has 1 aromatic rings. The Morgan fingerprint density at radius 3 is 2.47 bits per heavy atom. The molecule has 0 heterocycles. The summed E-state index contributed by atoms with van der Waals surface area (Å²) < 4.78 is 26.0. The van der Waals surface area contributed by atoms with Crippen molar-refractivity contribution in [3.05, 3.63) is 29.8 Å². The van der Waals surface area contributed by atoms with Crippen LogP contribution >= 0.6 is 0 Å². The molecule has 106 valence electrons. The molecule has 7 heteroatoms. The minimum Gasteiger partial charge on any atom is -0.481 e. The van der Waals surface area contributed by atoms with Gasteiger partial charge in [-0.25, -0.2) is 13.1 Å². The fraction of sp³-hybridized carbons (Fsp3) is 0.417. The van der Waals surface area contributed by atoms with Crippen molar-refractivity contribution in [3.8, 4) is 0 Å². The summed E-state index contributed by atoms with van der Waals surface area (Å²) in [6.07, 6.45) is -0.0592. The van der Waals surface area contributed by atoms with E-state index in [1.807, 2.05) is 0 Å². The van der Waals surface area contributed by atoms with Gasteiger partial charge in [0.25, 0.3) is 0 Å². The first-order chi connectivity index (χ1) is 8.80. The van der Waals surface area contributed by atoms with E-state index in [4.69, 9.17) is 10.8 Å². The van der Waals surface area contributed by atoms with Gasteiger partial charge >= 0.3 is 5.97 Å². The Bertz CT molecular complexity index is 525. The molecule has 0 aliphatic carbocycles. The molecule has 1 unspecified atom stereocenters. The summed E-state index contributed by atoms with van der Waals surface area (Å²) in [4.78, 5) is 10.3. The van der Waals surface area contributed by atoms with Crippen LogP contribution in [-0.4, -0.2) is 25.2 Å². The Balaban J connectivity index is 2.57. The predicted molar refractivity (Wildman–Crippen MR) is 73.1 cm³/mol. The second kappa shape index (κ2) is 6.53. The molecule has 0 spiro atoms. The summed E-state index contributed by atoms with van der Waals surface area (Å²) in [6, 6.07) is 6.52. The zero-order valence-corrected chi connectivity index (χ0v) is 11.5. The molecule has 0 aliphatic rings. The second-order valence-corrected chi connectivity index (χ2v) is 6.20. The Morgan fingerprint density at radius 2 is 1.95 bits per heavy atom. The van der Waals surface area contributed by atoms with Crippen LogP contribution in [0.1, 0.15) is 31.4 Å². The molecule has 1 atom stereocenters. The first-order valence-electron chi connectivity index (χ1n) is 5.87. The lowest BCUT2D eigenvalue weighted by atomic mass is 10.1. The van der Waals surface area contributed by atoms with Crippen LogP contribution in [-0.2, 0) is 14.8 Å². The van der Waals surface area contributed by atoms with Crippen LogP contribution in [0.4, 0.5) is 5.69 Å². The van der Waals surface area contributed by atoms with E-state index in [0.717, 1.165) is 5.56 Å². The van der Waals surface area contributed by atoms with Gasteiger partial charge in [-0.3, -0.25) is 4.79 Å². The third kappa shape index (κ3) is 5.71. The highest BCUT2D eigenvalue weighted by molar-refractivity contribution is 7.89. The number of carboxylic acids is 1. The minimum atomic E-state index is -3.48. The number of benzene rings is 1. The van der Waals surface area contributed by atoms with Crippen molar-refractivity contribution in [1.82, 2.24) is 4.72 Å². The SMILES string of the molecule is CC(NS(=O)(=O)CCCC(=O)O)c1ccc(N)cc1. The first-order valence-corrected chi connectivity index (χ1v) is 7.52. The standard InChI is InChI=1S/C12H18N2O4S/c1-9(10-4-6-11(13)7-5-10)14-19(17,18)8-2-3-12(15)16/h4-7,9,14H,2-3,8,13H2,1H3,(H,15,16). The summed E-state index contributed by atoms with van der Waals surface area (Å²) in [5, 5.41) is 8.47. The molecular formula is C12H18N2O4S. The molecule has 0 aromatic heterocycles. The monoisotopic (exact) mass is 286 g/mol. The van der Waals surface area contributed by atoms with Crippen LogP contribution in [0.5, 0.6) is 0 Å². The number of rotatable bonds is 7. The lowest BCUT2D eigenvalue weighted by Gasteiger charge is -2.14. The second-order valence-electron chi connectivity index (χ2n) is 4.32. The third-order valence-electron chi connectivity index (χ3n) is 2.60. The number of anilines is 1. The minimum absolute atomic E-state index is 0.0964. The molecular weight excluding hydrogens is 268 g/mol. The number of hydrogen-bond acceptors (Lipinski definition) is 4. The van der Waals surface area contributed by atoms with E-state index in [0.29, 0.717) is 5.69 Å². The maximum atomic E-state index is 11.7. The van der Waals surface area contributed by atoms with E-state index in [-0.39, 0.29) is 24.6 Å². The van der Waals surface area contributed by atoms with Gasteiger partial charge in [-0.1, -0.05) is 12.1 Å². The number of nitrogen functional groups attached to an aromatic ring is 1. The molecule has 19 heavy (non-hydrogen) atoms. The van der Waals surface area contributed by atoms with E-state index < -0.39 is 16.0 Å². The highest BCUT2D eigenvalue weighted by Crippen LogP contribution is 2.15. The van der Waals surface area contributed by atoms with Crippen molar-refractivity contribution in [1.29, 1.82) is 0 Å². The molecule has 0 aliphatic heterocycles. The molecule has 6 nitrogen and oxygen atoms in total. The van der Waals surface area contributed by atoms with E-state index >= 15 is 0 Å². The Morgan fingerprint density at radius 1 is 1.37 bits per heavy atom. The highest BCUT2D eigenvalue weighted by atomic mass is 32.2. The van der Waals surface area contributed by atoms with Crippen molar-refractivity contribution in [2.24, 2.45) is 0 Å². The predicted octanol–water partition coefficient (Wildman–Crippen LogP) is 1.11.